The lowest BCUT2D eigenvalue weighted by atomic mass is 9.76. The Morgan fingerprint density at radius 2 is 2.00 bits per heavy atom. The third-order valence-electron chi connectivity index (χ3n) is 3.49. The van der Waals surface area contributed by atoms with Crippen molar-refractivity contribution in [1.29, 1.82) is 0 Å². The summed E-state index contributed by atoms with van der Waals surface area (Å²) in [6.45, 7) is 5.38. The van der Waals surface area contributed by atoms with E-state index in [1.54, 1.807) is 0 Å². The van der Waals surface area contributed by atoms with E-state index >= 15 is 0 Å². The zero-order valence-electron chi connectivity index (χ0n) is 8.90. The number of hydrogen-bond acceptors (Lipinski definition) is 1. The van der Waals surface area contributed by atoms with Gasteiger partial charge in [0, 0.05) is 0 Å². The molecule has 13 heavy (non-hydrogen) atoms. The van der Waals surface area contributed by atoms with Gasteiger partial charge < -0.3 is 5.32 Å². The van der Waals surface area contributed by atoms with E-state index in [0.29, 0.717) is 11.5 Å². The van der Waals surface area contributed by atoms with Crippen LogP contribution < -0.4 is 5.32 Å². The van der Waals surface area contributed by atoms with Crippen LogP contribution in [0.2, 0.25) is 0 Å². The number of hydrogen-bond donors (Lipinski definition) is 1. The van der Waals surface area contributed by atoms with Crippen molar-refractivity contribution >= 4 is 0 Å². The summed E-state index contributed by atoms with van der Waals surface area (Å²) >= 11 is 0. The third kappa shape index (κ3) is 2.06. The van der Waals surface area contributed by atoms with Crippen LogP contribution in [-0.2, 0) is 0 Å². The molecule has 1 aliphatic rings. The lowest BCUT2D eigenvalue weighted by Crippen LogP contribution is -2.42. The molecule has 0 radical (unpaired) electrons. The molecule has 74 valence electrons. The van der Waals surface area contributed by atoms with Gasteiger partial charge in [0.1, 0.15) is 0 Å². The van der Waals surface area contributed by atoms with Crippen molar-refractivity contribution in [2.24, 2.45) is 5.41 Å². The number of nitrogens with one attached hydrogen (secondary N) is 1. The second kappa shape index (κ2) is 4.67. The van der Waals surface area contributed by atoms with Crippen molar-refractivity contribution in [2.75, 3.05) is 6.54 Å². The van der Waals surface area contributed by atoms with Crippen molar-refractivity contribution in [3.8, 4) is 12.3 Å². The van der Waals surface area contributed by atoms with Gasteiger partial charge in [-0.25, -0.2) is 0 Å². The highest BCUT2D eigenvalue weighted by Crippen LogP contribution is 2.43. The van der Waals surface area contributed by atoms with Gasteiger partial charge in [0.25, 0.3) is 0 Å². The van der Waals surface area contributed by atoms with Gasteiger partial charge >= 0.3 is 0 Å². The fourth-order valence-corrected chi connectivity index (χ4v) is 2.58. The highest BCUT2D eigenvalue weighted by molar-refractivity contribution is 5.09. The smallest absolute Gasteiger partial charge is 0.0743 e. The average Bonchev–Trinajstić information content (AvgIpc) is 2.63. The summed E-state index contributed by atoms with van der Waals surface area (Å²) < 4.78 is 0. The Kier molecular flexibility index (Phi) is 3.81. The minimum atomic E-state index is 0.296. The maximum atomic E-state index is 5.59. The number of rotatable bonds is 4. The minimum Gasteiger partial charge on any atom is -0.304 e. The fraction of sp³-hybridized carbons (Fsp3) is 0.833. The molecular weight excluding hydrogens is 158 g/mol. The molecule has 0 aliphatic heterocycles. The summed E-state index contributed by atoms with van der Waals surface area (Å²) in [4.78, 5) is 0. The molecule has 1 rings (SSSR count). The summed E-state index contributed by atoms with van der Waals surface area (Å²) in [5.74, 6) is 2.93. The first-order valence-electron chi connectivity index (χ1n) is 5.48. The van der Waals surface area contributed by atoms with Crippen molar-refractivity contribution in [2.45, 2.75) is 52.0 Å². The number of terminal acetylenes is 1. The van der Waals surface area contributed by atoms with Gasteiger partial charge in [0.05, 0.1) is 6.04 Å². The molecule has 1 nitrogen and oxygen atoms in total. The summed E-state index contributed by atoms with van der Waals surface area (Å²) in [6.07, 6.45) is 12.1. The molecule has 0 heterocycles. The lowest BCUT2D eigenvalue weighted by Gasteiger charge is -2.34. The van der Waals surface area contributed by atoms with Gasteiger partial charge in [-0.15, -0.1) is 6.42 Å². The van der Waals surface area contributed by atoms with Crippen molar-refractivity contribution in [3.05, 3.63) is 0 Å². The normalized spacial score (nSPS) is 22.5. The monoisotopic (exact) mass is 179 g/mol. The first-order chi connectivity index (χ1) is 6.29. The molecule has 1 aliphatic carbocycles. The van der Waals surface area contributed by atoms with Gasteiger partial charge in [-0.2, -0.15) is 0 Å². The van der Waals surface area contributed by atoms with Crippen LogP contribution in [0.1, 0.15) is 46.0 Å². The quantitative estimate of drug-likeness (QED) is 0.654. The van der Waals surface area contributed by atoms with E-state index in [1.165, 1.54) is 32.1 Å². The lowest BCUT2D eigenvalue weighted by molar-refractivity contribution is 0.228. The third-order valence-corrected chi connectivity index (χ3v) is 3.49. The van der Waals surface area contributed by atoms with Gasteiger partial charge in [-0.3, -0.25) is 0 Å². The van der Waals surface area contributed by atoms with E-state index < -0.39 is 0 Å². The van der Waals surface area contributed by atoms with Gasteiger partial charge in [-0.05, 0) is 31.2 Å². The molecule has 1 fully saturated rings. The Labute approximate surface area is 82.3 Å². The van der Waals surface area contributed by atoms with Crippen LogP contribution in [0.3, 0.4) is 0 Å². The molecule has 0 saturated heterocycles. The van der Waals surface area contributed by atoms with E-state index in [2.05, 4.69) is 25.1 Å². The molecule has 0 aromatic rings. The Hall–Kier alpha value is -0.480. The summed E-state index contributed by atoms with van der Waals surface area (Å²) in [5.41, 5.74) is 0.408. The first kappa shape index (κ1) is 10.6. The van der Waals surface area contributed by atoms with E-state index in [4.69, 9.17) is 6.42 Å². The van der Waals surface area contributed by atoms with Crippen LogP contribution in [0.4, 0.5) is 0 Å². The Morgan fingerprint density at radius 3 is 2.38 bits per heavy atom. The second-order valence-electron chi connectivity index (χ2n) is 4.08. The Morgan fingerprint density at radius 1 is 1.38 bits per heavy atom. The van der Waals surface area contributed by atoms with E-state index in [-0.39, 0.29) is 0 Å². The molecule has 0 amide bonds. The zero-order chi connectivity index (χ0) is 9.73. The van der Waals surface area contributed by atoms with Gasteiger partial charge in [0.15, 0.2) is 0 Å². The highest BCUT2D eigenvalue weighted by Gasteiger charge is 2.38. The summed E-state index contributed by atoms with van der Waals surface area (Å²) in [6, 6.07) is 0.296. The van der Waals surface area contributed by atoms with Crippen LogP contribution in [0.5, 0.6) is 0 Å². The molecule has 0 spiro atoms. The van der Waals surface area contributed by atoms with Crippen molar-refractivity contribution in [3.63, 3.8) is 0 Å². The topological polar surface area (TPSA) is 12.0 Å². The molecule has 1 N–H and O–H groups in total. The molecule has 0 bridgehead atoms. The second-order valence-corrected chi connectivity index (χ2v) is 4.08. The largest absolute Gasteiger partial charge is 0.304 e. The SMILES string of the molecule is C#CC(NCC)C1(CC)CCCC1. The molecule has 1 heteroatoms. The molecular formula is C12H21N. The van der Waals surface area contributed by atoms with Crippen LogP contribution >= 0.6 is 0 Å². The minimum absolute atomic E-state index is 0.296. The maximum Gasteiger partial charge on any atom is 0.0743 e. The molecule has 0 aromatic carbocycles. The van der Waals surface area contributed by atoms with Crippen molar-refractivity contribution < 1.29 is 0 Å². The molecule has 1 atom stereocenters. The van der Waals surface area contributed by atoms with E-state index in [1.807, 2.05) is 0 Å². The summed E-state index contributed by atoms with van der Waals surface area (Å²) in [7, 11) is 0. The predicted molar refractivity (Wildman–Crippen MR) is 57.5 cm³/mol. The van der Waals surface area contributed by atoms with Crippen molar-refractivity contribution in [1.82, 2.24) is 5.32 Å². The molecule has 1 saturated carbocycles. The van der Waals surface area contributed by atoms with E-state index in [0.717, 1.165) is 6.54 Å². The van der Waals surface area contributed by atoms with Crippen LogP contribution in [0.25, 0.3) is 0 Å². The van der Waals surface area contributed by atoms with Crippen LogP contribution in [-0.4, -0.2) is 12.6 Å². The highest BCUT2D eigenvalue weighted by atomic mass is 14.9. The predicted octanol–water partition coefficient (Wildman–Crippen LogP) is 2.57. The van der Waals surface area contributed by atoms with Gasteiger partial charge in [0.2, 0.25) is 0 Å². The molecule has 0 aromatic heterocycles. The maximum absolute atomic E-state index is 5.59. The Balaban J connectivity index is 2.67. The van der Waals surface area contributed by atoms with Gasteiger partial charge in [-0.1, -0.05) is 32.6 Å². The van der Waals surface area contributed by atoms with E-state index in [9.17, 15) is 0 Å². The van der Waals surface area contributed by atoms with Crippen LogP contribution in [0, 0.1) is 17.8 Å². The zero-order valence-corrected chi connectivity index (χ0v) is 8.90. The first-order valence-corrected chi connectivity index (χ1v) is 5.48. The summed E-state index contributed by atoms with van der Waals surface area (Å²) in [5, 5.41) is 3.43. The Bertz CT molecular complexity index is 184. The molecule has 1 unspecified atom stereocenters. The average molecular weight is 179 g/mol. The fourth-order valence-electron chi connectivity index (χ4n) is 2.58. The van der Waals surface area contributed by atoms with Crippen LogP contribution in [0.15, 0.2) is 0 Å². The standard InChI is InChI=1S/C12H21N/c1-4-11(13-6-3)12(5-2)9-7-8-10-12/h1,11,13H,5-10H2,2-3H3.